The van der Waals surface area contributed by atoms with Crippen molar-refractivity contribution in [3.05, 3.63) is 12.4 Å². The van der Waals surface area contributed by atoms with Crippen molar-refractivity contribution in [3.63, 3.8) is 0 Å². The minimum absolute atomic E-state index is 0.195. The van der Waals surface area contributed by atoms with Crippen LogP contribution in [-0.4, -0.2) is 50.9 Å². The van der Waals surface area contributed by atoms with Crippen LogP contribution in [0, 0.1) is 0 Å². The largest absolute Gasteiger partial charge is 0.324 e. The van der Waals surface area contributed by atoms with E-state index >= 15 is 0 Å². The maximum absolute atomic E-state index is 12.3. The lowest BCUT2D eigenvalue weighted by Crippen LogP contribution is -2.47. The quantitative estimate of drug-likeness (QED) is 0.735. The summed E-state index contributed by atoms with van der Waals surface area (Å²) in [5.74, 6) is -0.456. The van der Waals surface area contributed by atoms with Gasteiger partial charge in [0.05, 0.1) is 18.8 Å². The molecule has 1 amide bonds. The smallest absolute Gasteiger partial charge is 0.220 e. The Bertz CT molecular complexity index is 554. The highest BCUT2D eigenvalue weighted by atomic mass is 32.2. The summed E-state index contributed by atoms with van der Waals surface area (Å²) in [5.41, 5.74) is 0. The Hall–Kier alpha value is -1.44. The standard InChI is InChI=1S/C10H16N4O3S/c1-8-10(3,6-13-5-4-11-12-13)18(16,17)7-14(8)9(2)15/h4-5,8H,6-7H2,1-3H3. The van der Waals surface area contributed by atoms with Gasteiger partial charge in [-0.2, -0.15) is 0 Å². The molecule has 1 fully saturated rings. The second-order valence-electron chi connectivity index (χ2n) is 4.82. The molecule has 1 aromatic rings. The predicted molar refractivity (Wildman–Crippen MR) is 64.2 cm³/mol. The van der Waals surface area contributed by atoms with Crippen LogP contribution >= 0.6 is 0 Å². The topological polar surface area (TPSA) is 85.2 Å². The van der Waals surface area contributed by atoms with Crippen LogP contribution in [0.5, 0.6) is 0 Å². The molecular formula is C10H16N4O3S. The number of nitrogens with zero attached hydrogens (tertiary/aromatic N) is 4. The lowest BCUT2D eigenvalue weighted by atomic mass is 10.0. The normalized spacial score (nSPS) is 30.6. The van der Waals surface area contributed by atoms with Crippen LogP contribution < -0.4 is 0 Å². The second-order valence-corrected chi connectivity index (χ2v) is 7.24. The lowest BCUT2D eigenvalue weighted by molar-refractivity contribution is -0.129. The van der Waals surface area contributed by atoms with E-state index < -0.39 is 14.6 Å². The first-order valence-electron chi connectivity index (χ1n) is 5.61. The molecule has 1 aliphatic heterocycles. The zero-order valence-corrected chi connectivity index (χ0v) is 11.4. The number of carbonyl (C=O) groups excluding carboxylic acids is 1. The Labute approximate surface area is 106 Å². The molecule has 2 atom stereocenters. The van der Waals surface area contributed by atoms with E-state index in [2.05, 4.69) is 10.3 Å². The molecule has 2 heterocycles. The van der Waals surface area contributed by atoms with Gasteiger partial charge in [-0.25, -0.2) is 8.42 Å². The summed E-state index contributed by atoms with van der Waals surface area (Å²) >= 11 is 0. The number of sulfone groups is 1. The fourth-order valence-corrected chi connectivity index (χ4v) is 4.31. The fourth-order valence-electron chi connectivity index (χ4n) is 2.26. The number of aromatic nitrogens is 3. The van der Waals surface area contributed by atoms with Crippen molar-refractivity contribution in [2.45, 2.75) is 38.1 Å². The molecule has 0 spiro atoms. The van der Waals surface area contributed by atoms with Crippen molar-refractivity contribution >= 4 is 15.7 Å². The van der Waals surface area contributed by atoms with Crippen LogP contribution in [0.4, 0.5) is 0 Å². The summed E-state index contributed by atoms with van der Waals surface area (Å²) in [4.78, 5) is 12.8. The SMILES string of the molecule is CC(=O)N1CS(=O)(=O)C(C)(Cn2ccnn2)C1C. The molecule has 1 aliphatic rings. The molecule has 2 unspecified atom stereocenters. The van der Waals surface area contributed by atoms with Gasteiger partial charge in [0.2, 0.25) is 5.91 Å². The molecule has 100 valence electrons. The fraction of sp³-hybridized carbons (Fsp3) is 0.700. The summed E-state index contributed by atoms with van der Waals surface area (Å²) in [6, 6.07) is -0.385. The minimum Gasteiger partial charge on any atom is -0.324 e. The number of hydrogen-bond acceptors (Lipinski definition) is 5. The number of amides is 1. The van der Waals surface area contributed by atoms with Crippen LogP contribution in [0.3, 0.4) is 0 Å². The molecule has 0 saturated carbocycles. The molecule has 18 heavy (non-hydrogen) atoms. The van der Waals surface area contributed by atoms with Crippen molar-refractivity contribution in [1.29, 1.82) is 0 Å². The van der Waals surface area contributed by atoms with Crippen molar-refractivity contribution in [3.8, 4) is 0 Å². The maximum atomic E-state index is 12.3. The van der Waals surface area contributed by atoms with Crippen molar-refractivity contribution < 1.29 is 13.2 Å². The third-order valence-electron chi connectivity index (χ3n) is 3.72. The molecule has 1 saturated heterocycles. The molecular weight excluding hydrogens is 256 g/mol. The first kappa shape index (κ1) is 13.0. The lowest BCUT2D eigenvalue weighted by Gasteiger charge is -2.29. The average molecular weight is 272 g/mol. The van der Waals surface area contributed by atoms with E-state index in [0.717, 1.165) is 0 Å². The van der Waals surface area contributed by atoms with Gasteiger partial charge >= 0.3 is 0 Å². The summed E-state index contributed by atoms with van der Waals surface area (Å²) in [5, 5.41) is 7.45. The number of carbonyl (C=O) groups is 1. The molecule has 2 rings (SSSR count). The van der Waals surface area contributed by atoms with Crippen LogP contribution in [0.1, 0.15) is 20.8 Å². The molecule has 0 bridgehead atoms. The molecule has 0 aliphatic carbocycles. The average Bonchev–Trinajstić information content (AvgIpc) is 2.81. The first-order valence-corrected chi connectivity index (χ1v) is 7.27. The zero-order chi connectivity index (χ0) is 13.6. The highest BCUT2D eigenvalue weighted by Gasteiger charge is 2.54. The van der Waals surface area contributed by atoms with Crippen LogP contribution in [-0.2, 0) is 21.2 Å². The van der Waals surface area contributed by atoms with Crippen LogP contribution in [0.15, 0.2) is 12.4 Å². The Morgan fingerprint density at radius 2 is 2.22 bits per heavy atom. The van der Waals surface area contributed by atoms with E-state index in [1.165, 1.54) is 22.7 Å². The van der Waals surface area contributed by atoms with E-state index in [1.807, 2.05) is 0 Å². The van der Waals surface area contributed by atoms with Crippen molar-refractivity contribution in [2.75, 3.05) is 5.88 Å². The summed E-state index contributed by atoms with van der Waals surface area (Å²) < 4.78 is 25.0. The van der Waals surface area contributed by atoms with Crippen molar-refractivity contribution in [1.82, 2.24) is 19.9 Å². The first-order chi connectivity index (χ1) is 8.28. The summed E-state index contributed by atoms with van der Waals surface area (Å²) in [6.07, 6.45) is 3.11. The third kappa shape index (κ3) is 1.80. The molecule has 0 aromatic carbocycles. The van der Waals surface area contributed by atoms with Crippen LogP contribution in [0.25, 0.3) is 0 Å². The van der Waals surface area contributed by atoms with Gasteiger partial charge in [0, 0.05) is 13.1 Å². The predicted octanol–water partition coefficient (Wildman–Crippen LogP) is -0.340. The van der Waals surface area contributed by atoms with Crippen molar-refractivity contribution in [2.24, 2.45) is 0 Å². The molecule has 7 nitrogen and oxygen atoms in total. The second kappa shape index (κ2) is 4.04. The molecule has 0 N–H and O–H groups in total. The van der Waals surface area contributed by atoms with Gasteiger partial charge in [0.15, 0.2) is 9.84 Å². The Morgan fingerprint density at radius 3 is 2.67 bits per heavy atom. The van der Waals surface area contributed by atoms with E-state index in [1.54, 1.807) is 20.0 Å². The van der Waals surface area contributed by atoms with E-state index in [9.17, 15) is 13.2 Å². The Morgan fingerprint density at radius 1 is 1.56 bits per heavy atom. The Kier molecular flexibility index (Phi) is 2.92. The van der Waals surface area contributed by atoms with Gasteiger partial charge in [-0.15, -0.1) is 5.10 Å². The van der Waals surface area contributed by atoms with E-state index in [4.69, 9.17) is 0 Å². The monoisotopic (exact) mass is 272 g/mol. The van der Waals surface area contributed by atoms with Crippen LogP contribution in [0.2, 0.25) is 0 Å². The molecule has 0 radical (unpaired) electrons. The highest BCUT2D eigenvalue weighted by Crippen LogP contribution is 2.35. The highest BCUT2D eigenvalue weighted by molar-refractivity contribution is 7.93. The summed E-state index contributed by atoms with van der Waals surface area (Å²) in [7, 11) is -3.39. The summed E-state index contributed by atoms with van der Waals surface area (Å²) in [6.45, 7) is 4.98. The zero-order valence-electron chi connectivity index (χ0n) is 10.6. The maximum Gasteiger partial charge on any atom is 0.220 e. The van der Waals surface area contributed by atoms with E-state index in [0.29, 0.717) is 0 Å². The number of rotatable bonds is 2. The third-order valence-corrected chi connectivity index (χ3v) is 6.23. The number of hydrogen-bond donors (Lipinski definition) is 0. The van der Waals surface area contributed by atoms with Gasteiger partial charge in [-0.1, -0.05) is 5.21 Å². The van der Waals surface area contributed by atoms with Gasteiger partial charge in [-0.3, -0.25) is 9.48 Å². The van der Waals surface area contributed by atoms with Gasteiger partial charge in [0.25, 0.3) is 0 Å². The Balaban J connectivity index is 2.38. The minimum atomic E-state index is -3.39. The van der Waals surface area contributed by atoms with Gasteiger partial charge < -0.3 is 4.90 Å². The molecule has 1 aromatic heterocycles. The van der Waals surface area contributed by atoms with Gasteiger partial charge in [-0.05, 0) is 13.8 Å². The van der Waals surface area contributed by atoms with Gasteiger partial charge in [0.1, 0.15) is 10.6 Å². The van der Waals surface area contributed by atoms with E-state index in [-0.39, 0.29) is 24.4 Å². The molecule has 8 heteroatoms.